The maximum atomic E-state index is 9.96. The first-order chi connectivity index (χ1) is 9.74. The summed E-state index contributed by atoms with van der Waals surface area (Å²) in [5.41, 5.74) is 0.881. The largest absolute Gasteiger partial charge is 0.376 e. The van der Waals surface area contributed by atoms with Gasteiger partial charge in [0, 0.05) is 5.92 Å². The fourth-order valence-electron chi connectivity index (χ4n) is 2.24. The third-order valence-corrected chi connectivity index (χ3v) is 3.57. The molecule has 1 nitrogen and oxygen atoms in total. The molecule has 0 saturated carbocycles. The van der Waals surface area contributed by atoms with Gasteiger partial charge in [-0.25, -0.2) is 0 Å². The number of aliphatic hydroxyl groups excluding tert-OH is 1. The number of unbranched alkanes of at least 4 members (excludes halogenated alkanes) is 5. The average molecular weight is 272 g/mol. The Balaban J connectivity index is 2.22. The predicted octanol–water partition coefficient (Wildman–Crippen LogP) is 5.11. The van der Waals surface area contributed by atoms with Gasteiger partial charge in [-0.3, -0.25) is 0 Å². The molecule has 20 heavy (non-hydrogen) atoms. The van der Waals surface area contributed by atoms with Crippen LogP contribution in [0.25, 0.3) is 0 Å². The fourth-order valence-corrected chi connectivity index (χ4v) is 2.24. The molecule has 1 N–H and O–H groups in total. The van der Waals surface area contributed by atoms with Gasteiger partial charge in [0.05, 0.1) is 0 Å². The number of hydrogen-bond donors (Lipinski definition) is 1. The van der Waals surface area contributed by atoms with E-state index in [1.165, 1.54) is 38.5 Å². The average Bonchev–Trinajstić information content (AvgIpc) is 2.49. The van der Waals surface area contributed by atoms with E-state index in [4.69, 9.17) is 0 Å². The van der Waals surface area contributed by atoms with Crippen molar-refractivity contribution in [1.29, 1.82) is 0 Å². The van der Waals surface area contributed by atoms with E-state index >= 15 is 0 Å². The van der Waals surface area contributed by atoms with Crippen LogP contribution in [0.3, 0.4) is 0 Å². The molecule has 0 saturated heterocycles. The number of rotatable bonds is 8. The summed E-state index contributed by atoms with van der Waals surface area (Å²) in [7, 11) is 0. The highest BCUT2D eigenvalue weighted by Crippen LogP contribution is 2.13. The molecule has 0 fully saturated rings. The Kier molecular flexibility index (Phi) is 8.83. The van der Waals surface area contributed by atoms with Crippen LogP contribution in [0.15, 0.2) is 30.3 Å². The fraction of sp³-hybridized carbons (Fsp3) is 0.579. The second-order valence-electron chi connectivity index (χ2n) is 5.56. The van der Waals surface area contributed by atoms with Crippen LogP contribution < -0.4 is 0 Å². The van der Waals surface area contributed by atoms with Crippen molar-refractivity contribution in [3.63, 3.8) is 0 Å². The van der Waals surface area contributed by atoms with Crippen molar-refractivity contribution in [2.75, 3.05) is 0 Å². The van der Waals surface area contributed by atoms with Crippen LogP contribution in [-0.2, 0) is 0 Å². The molecule has 0 aliphatic carbocycles. The Labute approximate surface area is 124 Å². The Morgan fingerprint density at radius 3 is 2.30 bits per heavy atom. The first-order valence-electron chi connectivity index (χ1n) is 7.98. The van der Waals surface area contributed by atoms with E-state index in [2.05, 4.69) is 25.7 Å². The summed E-state index contributed by atoms with van der Waals surface area (Å²) in [5.74, 6) is 6.52. The molecule has 1 aromatic carbocycles. The predicted molar refractivity (Wildman–Crippen MR) is 86.3 cm³/mol. The molecular weight excluding hydrogens is 244 g/mol. The summed E-state index contributed by atoms with van der Waals surface area (Å²) < 4.78 is 0. The minimum absolute atomic E-state index is 0.375. The smallest absolute Gasteiger partial charge is 0.140 e. The second-order valence-corrected chi connectivity index (χ2v) is 5.56. The van der Waals surface area contributed by atoms with Crippen molar-refractivity contribution >= 4 is 0 Å². The Morgan fingerprint density at radius 1 is 0.950 bits per heavy atom. The van der Waals surface area contributed by atoms with Crippen LogP contribution in [0.4, 0.5) is 0 Å². The Bertz CT molecular complexity index is 399. The van der Waals surface area contributed by atoms with Crippen LogP contribution >= 0.6 is 0 Å². The van der Waals surface area contributed by atoms with Crippen molar-refractivity contribution in [3.8, 4) is 11.8 Å². The van der Waals surface area contributed by atoms with Crippen LogP contribution in [0.1, 0.15) is 70.5 Å². The molecule has 0 heterocycles. The third-order valence-electron chi connectivity index (χ3n) is 3.57. The molecule has 0 spiro atoms. The number of aliphatic hydroxyl groups is 1. The SMILES string of the molecule is CCCCCCCCC(C)C#C[C@H](O)c1ccccc1. The Hall–Kier alpha value is -1.26. The monoisotopic (exact) mass is 272 g/mol. The molecule has 1 heteroatoms. The van der Waals surface area contributed by atoms with E-state index in [-0.39, 0.29) is 0 Å². The van der Waals surface area contributed by atoms with Gasteiger partial charge in [0.2, 0.25) is 0 Å². The standard InChI is InChI=1S/C19H28O/c1-3-4-5-6-7-9-12-17(2)15-16-19(20)18-13-10-8-11-14-18/h8,10-11,13-14,17,19-20H,3-7,9,12H2,1-2H3/t17?,19-/m0/s1. The van der Waals surface area contributed by atoms with E-state index in [0.717, 1.165) is 12.0 Å². The molecular formula is C19H28O. The van der Waals surface area contributed by atoms with Crippen molar-refractivity contribution in [2.24, 2.45) is 5.92 Å². The first-order valence-corrected chi connectivity index (χ1v) is 7.98. The van der Waals surface area contributed by atoms with Gasteiger partial charge in [0.25, 0.3) is 0 Å². The summed E-state index contributed by atoms with van der Waals surface area (Å²) in [6, 6.07) is 9.64. The molecule has 110 valence electrons. The minimum Gasteiger partial charge on any atom is -0.376 e. The lowest BCUT2D eigenvalue weighted by molar-refractivity contribution is 0.238. The zero-order chi connectivity index (χ0) is 14.6. The van der Waals surface area contributed by atoms with E-state index in [1.54, 1.807) is 0 Å². The summed E-state index contributed by atoms with van der Waals surface area (Å²) in [5, 5.41) is 9.96. The molecule has 0 amide bonds. The first kappa shape index (κ1) is 16.8. The topological polar surface area (TPSA) is 20.2 Å². The van der Waals surface area contributed by atoms with Crippen molar-refractivity contribution < 1.29 is 5.11 Å². The summed E-state index contributed by atoms with van der Waals surface area (Å²) in [4.78, 5) is 0. The minimum atomic E-state index is -0.650. The molecule has 0 radical (unpaired) electrons. The van der Waals surface area contributed by atoms with E-state index in [0.29, 0.717) is 5.92 Å². The van der Waals surface area contributed by atoms with Gasteiger partial charge < -0.3 is 5.11 Å². The van der Waals surface area contributed by atoms with Gasteiger partial charge >= 0.3 is 0 Å². The lowest BCUT2D eigenvalue weighted by Gasteiger charge is -2.05. The number of hydrogen-bond acceptors (Lipinski definition) is 1. The maximum Gasteiger partial charge on any atom is 0.140 e. The summed E-state index contributed by atoms with van der Waals surface area (Å²) >= 11 is 0. The van der Waals surface area contributed by atoms with Gasteiger partial charge in [-0.2, -0.15) is 0 Å². The quantitative estimate of drug-likeness (QED) is 0.515. The zero-order valence-corrected chi connectivity index (χ0v) is 12.9. The van der Waals surface area contributed by atoms with Gasteiger partial charge in [-0.15, -0.1) is 0 Å². The van der Waals surface area contributed by atoms with Crippen molar-refractivity contribution in [3.05, 3.63) is 35.9 Å². The third kappa shape index (κ3) is 7.36. The van der Waals surface area contributed by atoms with Gasteiger partial charge in [0.15, 0.2) is 0 Å². The van der Waals surface area contributed by atoms with E-state index < -0.39 is 6.10 Å². The molecule has 1 aromatic rings. The van der Waals surface area contributed by atoms with Crippen molar-refractivity contribution in [2.45, 2.75) is 64.9 Å². The lowest BCUT2D eigenvalue weighted by Crippen LogP contribution is -1.95. The van der Waals surface area contributed by atoms with Crippen LogP contribution in [0, 0.1) is 17.8 Å². The normalized spacial score (nSPS) is 13.3. The molecule has 1 unspecified atom stereocenters. The lowest BCUT2D eigenvalue weighted by atomic mass is 10.0. The van der Waals surface area contributed by atoms with Crippen LogP contribution in [-0.4, -0.2) is 5.11 Å². The highest BCUT2D eigenvalue weighted by molar-refractivity contribution is 5.24. The number of benzene rings is 1. The second kappa shape index (κ2) is 10.5. The van der Waals surface area contributed by atoms with Crippen LogP contribution in [0.2, 0.25) is 0 Å². The molecule has 0 aliphatic heterocycles. The van der Waals surface area contributed by atoms with Gasteiger partial charge in [-0.05, 0) is 12.0 Å². The van der Waals surface area contributed by atoms with Gasteiger partial charge in [-0.1, -0.05) is 94.5 Å². The molecule has 0 aliphatic rings. The zero-order valence-electron chi connectivity index (χ0n) is 12.9. The Morgan fingerprint density at radius 2 is 1.60 bits per heavy atom. The molecule has 0 bridgehead atoms. The van der Waals surface area contributed by atoms with Crippen LogP contribution in [0.5, 0.6) is 0 Å². The maximum absolute atomic E-state index is 9.96. The molecule has 1 rings (SSSR count). The van der Waals surface area contributed by atoms with Gasteiger partial charge in [0.1, 0.15) is 6.10 Å². The van der Waals surface area contributed by atoms with E-state index in [9.17, 15) is 5.11 Å². The molecule has 0 aromatic heterocycles. The summed E-state index contributed by atoms with van der Waals surface area (Å²) in [6.07, 6.45) is 8.43. The molecule has 2 atom stereocenters. The van der Waals surface area contributed by atoms with Crippen molar-refractivity contribution in [1.82, 2.24) is 0 Å². The highest BCUT2D eigenvalue weighted by Gasteiger charge is 2.02. The van der Waals surface area contributed by atoms with E-state index in [1.807, 2.05) is 30.3 Å². The highest BCUT2D eigenvalue weighted by atomic mass is 16.3. The summed E-state index contributed by atoms with van der Waals surface area (Å²) in [6.45, 7) is 4.40.